The Labute approximate surface area is 158 Å². The minimum Gasteiger partial charge on any atom is -0.493 e. The molecule has 0 aliphatic rings. The Balaban J connectivity index is 2.01. The predicted molar refractivity (Wildman–Crippen MR) is 105 cm³/mol. The van der Waals surface area contributed by atoms with Crippen LogP contribution in [0, 0.1) is 10.1 Å². The molecule has 0 fully saturated rings. The highest BCUT2D eigenvalue weighted by Crippen LogP contribution is 2.34. The number of pyridine rings is 1. The van der Waals surface area contributed by atoms with E-state index in [4.69, 9.17) is 9.47 Å². The molecular weight excluding hydrogens is 400 g/mol. The van der Waals surface area contributed by atoms with Crippen LogP contribution in [0.1, 0.15) is 11.3 Å². The third kappa shape index (κ3) is 3.52. The number of benzene rings is 2. The summed E-state index contributed by atoms with van der Waals surface area (Å²) in [5.41, 5.74) is 1.84. The zero-order valence-electron chi connectivity index (χ0n) is 14.1. The summed E-state index contributed by atoms with van der Waals surface area (Å²) in [5.74, 6) is 1.23. The van der Waals surface area contributed by atoms with Gasteiger partial charge in [-0.25, -0.2) is 4.98 Å². The van der Waals surface area contributed by atoms with E-state index in [2.05, 4.69) is 20.9 Å². The fourth-order valence-electron chi connectivity index (χ4n) is 2.56. The van der Waals surface area contributed by atoms with E-state index >= 15 is 0 Å². The van der Waals surface area contributed by atoms with E-state index in [9.17, 15) is 10.1 Å². The fourth-order valence-corrected chi connectivity index (χ4v) is 3.01. The second kappa shape index (κ2) is 7.53. The Bertz CT molecular complexity index is 1020. The van der Waals surface area contributed by atoms with E-state index in [1.807, 2.05) is 30.3 Å². The number of fused-ring (bicyclic) bond motifs is 1. The first-order valence-corrected chi connectivity index (χ1v) is 8.46. The van der Waals surface area contributed by atoms with Gasteiger partial charge in [0.2, 0.25) is 0 Å². The summed E-state index contributed by atoms with van der Waals surface area (Å²) in [5, 5.41) is 11.9. The van der Waals surface area contributed by atoms with Crippen molar-refractivity contribution in [2.75, 3.05) is 14.2 Å². The highest BCUT2D eigenvalue weighted by atomic mass is 79.9. The SMILES string of the molecule is COc1cc(Br)c(C=Cc2ccc3cccc([N+](=O)[O-])c3n2)cc1OC. The molecule has 0 spiro atoms. The van der Waals surface area contributed by atoms with Crippen LogP contribution in [0.15, 0.2) is 46.9 Å². The lowest BCUT2D eigenvalue weighted by Gasteiger charge is -2.09. The maximum absolute atomic E-state index is 11.2. The first-order chi connectivity index (χ1) is 12.5. The van der Waals surface area contributed by atoms with Crippen molar-refractivity contribution >= 4 is 44.7 Å². The molecular formula is C19H15BrN2O4. The van der Waals surface area contributed by atoms with E-state index in [0.717, 1.165) is 15.4 Å². The maximum atomic E-state index is 11.2. The van der Waals surface area contributed by atoms with Gasteiger partial charge in [-0.15, -0.1) is 0 Å². The molecule has 0 aliphatic heterocycles. The number of non-ortho nitro benzene ring substituents is 1. The molecule has 1 aromatic heterocycles. The number of hydrogen-bond acceptors (Lipinski definition) is 5. The largest absolute Gasteiger partial charge is 0.493 e. The average Bonchev–Trinajstić information content (AvgIpc) is 2.65. The number of rotatable bonds is 5. The average molecular weight is 415 g/mol. The summed E-state index contributed by atoms with van der Waals surface area (Å²) in [6.45, 7) is 0. The summed E-state index contributed by atoms with van der Waals surface area (Å²) in [4.78, 5) is 15.2. The molecule has 3 rings (SSSR count). The quantitative estimate of drug-likeness (QED) is 0.429. The van der Waals surface area contributed by atoms with Crippen molar-refractivity contribution in [1.82, 2.24) is 4.98 Å². The first kappa shape index (κ1) is 17.9. The van der Waals surface area contributed by atoms with Crippen LogP contribution in [0.4, 0.5) is 5.69 Å². The van der Waals surface area contributed by atoms with Crippen molar-refractivity contribution in [1.29, 1.82) is 0 Å². The Hall–Kier alpha value is -2.93. The van der Waals surface area contributed by atoms with Gasteiger partial charge in [0.25, 0.3) is 5.69 Å². The third-order valence-corrected chi connectivity index (χ3v) is 4.54. The van der Waals surface area contributed by atoms with Crippen LogP contribution < -0.4 is 9.47 Å². The lowest BCUT2D eigenvalue weighted by Crippen LogP contribution is -1.93. The second-order valence-electron chi connectivity index (χ2n) is 5.40. The first-order valence-electron chi connectivity index (χ1n) is 7.67. The van der Waals surface area contributed by atoms with Crippen molar-refractivity contribution in [3.8, 4) is 11.5 Å². The van der Waals surface area contributed by atoms with E-state index in [1.54, 1.807) is 32.4 Å². The number of ether oxygens (including phenoxy) is 2. The molecule has 0 N–H and O–H groups in total. The van der Waals surface area contributed by atoms with Gasteiger partial charge in [0, 0.05) is 15.9 Å². The van der Waals surface area contributed by atoms with Crippen LogP contribution >= 0.6 is 15.9 Å². The zero-order valence-corrected chi connectivity index (χ0v) is 15.7. The molecule has 0 unspecified atom stereocenters. The molecule has 0 radical (unpaired) electrons. The summed E-state index contributed by atoms with van der Waals surface area (Å²) in [6, 6.07) is 12.2. The maximum Gasteiger partial charge on any atom is 0.295 e. The van der Waals surface area contributed by atoms with Crippen molar-refractivity contribution in [3.05, 3.63) is 68.3 Å². The summed E-state index contributed by atoms with van der Waals surface area (Å²) < 4.78 is 11.4. The molecule has 6 nitrogen and oxygen atoms in total. The van der Waals surface area contributed by atoms with Gasteiger partial charge in [0.1, 0.15) is 5.52 Å². The fraction of sp³-hybridized carbons (Fsp3) is 0.105. The van der Waals surface area contributed by atoms with E-state index < -0.39 is 4.92 Å². The Morgan fingerprint density at radius 1 is 1.08 bits per heavy atom. The molecule has 7 heteroatoms. The number of halogens is 1. The highest BCUT2D eigenvalue weighted by Gasteiger charge is 2.12. The van der Waals surface area contributed by atoms with Crippen LogP contribution in [-0.2, 0) is 0 Å². The van der Waals surface area contributed by atoms with E-state index in [1.165, 1.54) is 6.07 Å². The third-order valence-electron chi connectivity index (χ3n) is 3.85. The van der Waals surface area contributed by atoms with Crippen LogP contribution in [-0.4, -0.2) is 24.1 Å². The van der Waals surface area contributed by atoms with E-state index in [0.29, 0.717) is 22.7 Å². The van der Waals surface area contributed by atoms with Gasteiger partial charge >= 0.3 is 0 Å². The smallest absolute Gasteiger partial charge is 0.295 e. The van der Waals surface area contributed by atoms with Gasteiger partial charge in [-0.3, -0.25) is 10.1 Å². The monoisotopic (exact) mass is 414 g/mol. The highest BCUT2D eigenvalue weighted by molar-refractivity contribution is 9.10. The minimum atomic E-state index is -0.423. The zero-order chi connectivity index (χ0) is 18.7. The molecule has 1 heterocycles. The van der Waals surface area contributed by atoms with Crippen LogP contribution in [0.3, 0.4) is 0 Å². The molecule has 26 heavy (non-hydrogen) atoms. The molecule has 2 aromatic carbocycles. The van der Waals surface area contributed by atoms with Gasteiger partial charge < -0.3 is 9.47 Å². The van der Waals surface area contributed by atoms with Gasteiger partial charge in [0.15, 0.2) is 11.5 Å². The number of methoxy groups -OCH3 is 2. The van der Waals surface area contributed by atoms with E-state index in [-0.39, 0.29) is 5.69 Å². The summed E-state index contributed by atoms with van der Waals surface area (Å²) >= 11 is 3.50. The molecule has 0 bridgehead atoms. The van der Waals surface area contributed by atoms with Gasteiger partial charge in [-0.2, -0.15) is 0 Å². The summed E-state index contributed by atoms with van der Waals surface area (Å²) in [7, 11) is 3.15. The lowest BCUT2D eigenvalue weighted by molar-refractivity contribution is -0.383. The normalized spacial score (nSPS) is 11.0. The van der Waals surface area contributed by atoms with Gasteiger partial charge in [-0.05, 0) is 29.8 Å². The molecule has 0 atom stereocenters. The lowest BCUT2D eigenvalue weighted by atomic mass is 10.1. The number of para-hydroxylation sites is 1. The molecule has 0 aliphatic carbocycles. The number of nitro groups is 1. The Morgan fingerprint density at radius 2 is 1.81 bits per heavy atom. The number of nitrogens with zero attached hydrogens (tertiary/aromatic N) is 2. The van der Waals surface area contributed by atoms with Gasteiger partial charge in [-0.1, -0.05) is 40.2 Å². The Morgan fingerprint density at radius 3 is 2.50 bits per heavy atom. The van der Waals surface area contributed by atoms with Crippen LogP contribution in [0.5, 0.6) is 11.5 Å². The second-order valence-corrected chi connectivity index (χ2v) is 6.26. The molecule has 0 saturated carbocycles. The number of nitro benzene ring substituents is 1. The van der Waals surface area contributed by atoms with Gasteiger partial charge in [0.05, 0.1) is 24.8 Å². The van der Waals surface area contributed by atoms with Crippen molar-refractivity contribution in [3.63, 3.8) is 0 Å². The standard InChI is InChI=1S/C19H15BrN2O4/c1-25-17-10-13(15(20)11-18(17)26-2)7-9-14-8-6-12-4-3-5-16(22(23)24)19(12)21-14/h3-11H,1-2H3. The summed E-state index contributed by atoms with van der Waals surface area (Å²) in [6.07, 6.45) is 3.65. The molecule has 3 aromatic rings. The molecule has 132 valence electrons. The minimum absolute atomic E-state index is 0.00922. The van der Waals surface area contributed by atoms with Crippen LogP contribution in [0.2, 0.25) is 0 Å². The van der Waals surface area contributed by atoms with Crippen molar-refractivity contribution in [2.24, 2.45) is 0 Å². The van der Waals surface area contributed by atoms with Crippen LogP contribution in [0.25, 0.3) is 23.1 Å². The Kier molecular flexibility index (Phi) is 5.18. The van der Waals surface area contributed by atoms with Crippen molar-refractivity contribution < 1.29 is 14.4 Å². The predicted octanol–water partition coefficient (Wildman–Crippen LogP) is 5.09. The number of aromatic nitrogens is 1. The number of hydrogen-bond donors (Lipinski definition) is 0. The molecule has 0 amide bonds. The van der Waals surface area contributed by atoms with Crippen molar-refractivity contribution in [2.45, 2.75) is 0 Å². The topological polar surface area (TPSA) is 74.5 Å². The molecule has 0 saturated heterocycles.